The van der Waals surface area contributed by atoms with Gasteiger partial charge in [0.05, 0.1) is 6.61 Å². The first-order valence-electron chi connectivity index (χ1n) is 6.24. The van der Waals surface area contributed by atoms with Crippen LogP contribution in [0.1, 0.15) is 31.9 Å². The lowest BCUT2D eigenvalue weighted by molar-refractivity contribution is 0.0534. The van der Waals surface area contributed by atoms with Crippen LogP contribution < -0.4 is 5.32 Å². The second-order valence-electron chi connectivity index (χ2n) is 5.19. The van der Waals surface area contributed by atoms with Crippen molar-refractivity contribution in [3.63, 3.8) is 0 Å². The highest BCUT2D eigenvalue weighted by Gasteiger charge is 2.14. The van der Waals surface area contributed by atoms with Gasteiger partial charge in [-0.2, -0.15) is 0 Å². The minimum absolute atomic E-state index is 0.0256. The van der Waals surface area contributed by atoms with Crippen molar-refractivity contribution in [1.82, 2.24) is 5.32 Å². The van der Waals surface area contributed by atoms with Crippen molar-refractivity contribution >= 4 is 12.2 Å². The van der Waals surface area contributed by atoms with Crippen LogP contribution in [0, 0.1) is 0 Å². The number of rotatable bonds is 4. The molecule has 0 radical (unpaired) electrons. The first-order valence-corrected chi connectivity index (χ1v) is 6.24. The van der Waals surface area contributed by atoms with Gasteiger partial charge in [0.1, 0.15) is 5.60 Å². The first kappa shape index (κ1) is 15.2. The van der Waals surface area contributed by atoms with E-state index in [2.05, 4.69) is 5.32 Å². The predicted molar refractivity (Wildman–Crippen MR) is 75.6 cm³/mol. The fraction of sp³-hybridized carbons (Fsp3) is 0.400. The number of carbonyl (C=O) groups is 1. The Morgan fingerprint density at radius 2 is 2.16 bits per heavy atom. The van der Waals surface area contributed by atoms with E-state index in [0.717, 1.165) is 11.1 Å². The van der Waals surface area contributed by atoms with E-state index >= 15 is 0 Å². The van der Waals surface area contributed by atoms with Gasteiger partial charge in [-0.25, -0.2) is 4.79 Å². The van der Waals surface area contributed by atoms with Crippen molar-refractivity contribution in [2.75, 3.05) is 6.54 Å². The van der Waals surface area contributed by atoms with Gasteiger partial charge in [-0.05, 0) is 38.0 Å². The molecular weight excluding hydrogens is 242 g/mol. The fourth-order valence-corrected chi connectivity index (χ4v) is 1.45. The SMILES string of the molecule is CC(C)(C)OC(=O)NCC=Cc1cccc(CO)c1. The van der Waals surface area contributed by atoms with Gasteiger partial charge in [-0.15, -0.1) is 0 Å². The highest BCUT2D eigenvalue weighted by molar-refractivity contribution is 5.68. The molecule has 0 aliphatic rings. The van der Waals surface area contributed by atoms with Gasteiger partial charge < -0.3 is 15.2 Å². The molecule has 0 bridgehead atoms. The number of alkyl carbamates (subject to hydrolysis) is 1. The summed E-state index contributed by atoms with van der Waals surface area (Å²) in [5.74, 6) is 0. The molecule has 4 heteroatoms. The Morgan fingerprint density at radius 1 is 1.42 bits per heavy atom. The standard InChI is InChI=1S/C15H21NO3/c1-15(2,3)19-14(18)16-9-5-8-12-6-4-7-13(10-12)11-17/h4-8,10,17H,9,11H2,1-3H3,(H,16,18). The molecule has 104 valence electrons. The summed E-state index contributed by atoms with van der Waals surface area (Å²) in [5.41, 5.74) is 1.36. The molecular formula is C15H21NO3. The molecule has 0 saturated heterocycles. The lowest BCUT2D eigenvalue weighted by Gasteiger charge is -2.19. The Bertz CT molecular complexity index is 447. The van der Waals surface area contributed by atoms with Crippen LogP contribution in [0.15, 0.2) is 30.3 Å². The van der Waals surface area contributed by atoms with E-state index < -0.39 is 11.7 Å². The molecule has 0 aromatic heterocycles. The summed E-state index contributed by atoms with van der Waals surface area (Å²) in [6.07, 6.45) is 3.29. The predicted octanol–water partition coefficient (Wildman–Crippen LogP) is 2.72. The molecule has 0 aliphatic carbocycles. The summed E-state index contributed by atoms with van der Waals surface area (Å²) in [4.78, 5) is 11.4. The second kappa shape index (κ2) is 6.95. The van der Waals surface area contributed by atoms with Crippen LogP contribution in [-0.2, 0) is 11.3 Å². The molecule has 1 aromatic rings. The van der Waals surface area contributed by atoms with Crippen molar-refractivity contribution in [2.45, 2.75) is 33.0 Å². The summed E-state index contributed by atoms with van der Waals surface area (Å²) in [6, 6.07) is 7.57. The van der Waals surface area contributed by atoms with Crippen molar-refractivity contribution in [3.8, 4) is 0 Å². The van der Waals surface area contributed by atoms with Crippen molar-refractivity contribution < 1.29 is 14.6 Å². The summed E-state index contributed by atoms with van der Waals surface area (Å²) < 4.78 is 5.11. The Labute approximate surface area is 114 Å². The molecule has 0 spiro atoms. The van der Waals surface area contributed by atoms with E-state index in [-0.39, 0.29) is 6.61 Å². The zero-order chi connectivity index (χ0) is 14.3. The van der Waals surface area contributed by atoms with E-state index in [1.54, 1.807) is 0 Å². The first-order chi connectivity index (χ1) is 8.90. The number of hydrogen-bond acceptors (Lipinski definition) is 3. The minimum Gasteiger partial charge on any atom is -0.444 e. The van der Waals surface area contributed by atoms with Crippen LogP contribution >= 0.6 is 0 Å². The van der Waals surface area contributed by atoms with Gasteiger partial charge in [0.2, 0.25) is 0 Å². The average molecular weight is 263 g/mol. The fourth-order valence-electron chi connectivity index (χ4n) is 1.45. The Morgan fingerprint density at radius 3 is 2.79 bits per heavy atom. The highest BCUT2D eigenvalue weighted by atomic mass is 16.6. The van der Waals surface area contributed by atoms with Gasteiger partial charge in [0, 0.05) is 6.54 Å². The van der Waals surface area contributed by atoms with Crippen LogP contribution in [-0.4, -0.2) is 23.3 Å². The number of hydrogen-bond donors (Lipinski definition) is 2. The van der Waals surface area contributed by atoms with Crippen molar-refractivity contribution in [1.29, 1.82) is 0 Å². The van der Waals surface area contributed by atoms with Crippen LogP contribution in [0.25, 0.3) is 6.08 Å². The summed E-state index contributed by atoms with van der Waals surface area (Å²) in [6.45, 7) is 5.89. The molecule has 1 amide bonds. The normalized spacial score (nSPS) is 11.6. The Hall–Kier alpha value is -1.81. The van der Waals surface area contributed by atoms with Crippen LogP contribution in [0.2, 0.25) is 0 Å². The smallest absolute Gasteiger partial charge is 0.407 e. The third-order valence-corrected chi connectivity index (χ3v) is 2.21. The molecule has 0 heterocycles. The summed E-state index contributed by atoms with van der Waals surface area (Å²) >= 11 is 0. The van der Waals surface area contributed by atoms with Gasteiger partial charge in [0.15, 0.2) is 0 Å². The quantitative estimate of drug-likeness (QED) is 0.878. The largest absolute Gasteiger partial charge is 0.444 e. The number of carbonyl (C=O) groups excluding carboxylic acids is 1. The Balaban J connectivity index is 2.40. The molecule has 4 nitrogen and oxygen atoms in total. The number of ether oxygens (including phenoxy) is 1. The molecule has 0 fully saturated rings. The Kier molecular flexibility index (Phi) is 5.57. The van der Waals surface area contributed by atoms with E-state index in [4.69, 9.17) is 9.84 Å². The molecule has 0 unspecified atom stereocenters. The molecule has 1 aromatic carbocycles. The van der Waals surface area contributed by atoms with E-state index in [0.29, 0.717) is 6.54 Å². The maximum atomic E-state index is 11.4. The number of nitrogens with one attached hydrogen (secondary N) is 1. The summed E-state index contributed by atoms with van der Waals surface area (Å²) in [7, 11) is 0. The van der Waals surface area contributed by atoms with Gasteiger partial charge in [-0.3, -0.25) is 0 Å². The van der Waals surface area contributed by atoms with Crippen LogP contribution in [0.5, 0.6) is 0 Å². The lowest BCUT2D eigenvalue weighted by atomic mass is 10.1. The second-order valence-corrected chi connectivity index (χ2v) is 5.19. The molecule has 19 heavy (non-hydrogen) atoms. The van der Waals surface area contributed by atoms with E-state index in [1.807, 2.05) is 57.2 Å². The highest BCUT2D eigenvalue weighted by Crippen LogP contribution is 2.07. The third kappa shape index (κ3) is 6.62. The number of aliphatic hydroxyl groups is 1. The number of amides is 1. The summed E-state index contributed by atoms with van der Waals surface area (Å²) in [5, 5.41) is 11.7. The van der Waals surface area contributed by atoms with Crippen molar-refractivity contribution in [2.24, 2.45) is 0 Å². The van der Waals surface area contributed by atoms with E-state index in [9.17, 15) is 4.79 Å². The van der Waals surface area contributed by atoms with Gasteiger partial charge in [-0.1, -0.05) is 30.4 Å². The lowest BCUT2D eigenvalue weighted by Crippen LogP contribution is -2.32. The van der Waals surface area contributed by atoms with E-state index in [1.165, 1.54) is 0 Å². The maximum Gasteiger partial charge on any atom is 0.407 e. The van der Waals surface area contributed by atoms with Gasteiger partial charge >= 0.3 is 6.09 Å². The van der Waals surface area contributed by atoms with Crippen LogP contribution in [0.3, 0.4) is 0 Å². The molecule has 2 N–H and O–H groups in total. The molecule has 0 saturated carbocycles. The number of benzene rings is 1. The topological polar surface area (TPSA) is 58.6 Å². The molecule has 0 atom stereocenters. The maximum absolute atomic E-state index is 11.4. The monoisotopic (exact) mass is 263 g/mol. The minimum atomic E-state index is -0.483. The number of aliphatic hydroxyl groups excluding tert-OH is 1. The zero-order valence-electron chi connectivity index (χ0n) is 11.6. The molecule has 0 aliphatic heterocycles. The average Bonchev–Trinajstić information content (AvgIpc) is 2.33. The van der Waals surface area contributed by atoms with Gasteiger partial charge in [0.25, 0.3) is 0 Å². The third-order valence-electron chi connectivity index (χ3n) is 2.21. The van der Waals surface area contributed by atoms with Crippen LogP contribution in [0.4, 0.5) is 4.79 Å². The molecule has 1 rings (SSSR count). The van der Waals surface area contributed by atoms with Crippen molar-refractivity contribution in [3.05, 3.63) is 41.5 Å². The zero-order valence-corrected chi connectivity index (χ0v) is 11.6.